The summed E-state index contributed by atoms with van der Waals surface area (Å²) in [7, 11) is 3.91. The predicted octanol–water partition coefficient (Wildman–Crippen LogP) is 5.18. The van der Waals surface area contributed by atoms with E-state index in [9.17, 15) is 9.18 Å². The van der Waals surface area contributed by atoms with Gasteiger partial charge >= 0.3 is 0 Å². The lowest BCUT2D eigenvalue weighted by Crippen LogP contribution is -2.21. The molecule has 0 spiro atoms. The molecule has 0 bridgehead atoms. The Morgan fingerprint density at radius 3 is 2.60 bits per heavy atom. The van der Waals surface area contributed by atoms with E-state index in [2.05, 4.69) is 31.4 Å². The van der Waals surface area contributed by atoms with Crippen LogP contribution in [0.3, 0.4) is 0 Å². The molecular formula is C20H20BrClFN5OS. The summed E-state index contributed by atoms with van der Waals surface area (Å²) in [4.78, 5) is 14.4. The normalized spacial score (nSPS) is 12.2. The number of nitrogens with zero attached hydrogens (tertiary/aromatic N) is 4. The highest BCUT2D eigenvalue weighted by molar-refractivity contribution is 9.10. The van der Waals surface area contributed by atoms with E-state index >= 15 is 0 Å². The molecule has 0 aliphatic carbocycles. The number of thioether (sulfide) groups is 1. The second kappa shape index (κ2) is 9.91. The van der Waals surface area contributed by atoms with Crippen LogP contribution >= 0.6 is 39.3 Å². The summed E-state index contributed by atoms with van der Waals surface area (Å²) >= 11 is 10.4. The Bertz CT molecular complexity index is 1040. The maximum Gasteiger partial charge on any atom is 0.234 e. The maximum atomic E-state index is 14.0. The third-order valence-corrected chi connectivity index (χ3v) is 6.10. The number of rotatable bonds is 7. The quantitative estimate of drug-likeness (QED) is 0.442. The van der Waals surface area contributed by atoms with E-state index in [0.29, 0.717) is 14.7 Å². The van der Waals surface area contributed by atoms with Crippen LogP contribution in [0.5, 0.6) is 0 Å². The van der Waals surface area contributed by atoms with Crippen molar-refractivity contribution < 1.29 is 9.18 Å². The molecule has 3 rings (SSSR count). The van der Waals surface area contributed by atoms with Gasteiger partial charge in [-0.3, -0.25) is 14.3 Å². The SMILES string of the molecule is C[C@@H](c1nnc(SCC(=O)Nc2ccc(Br)cc2F)n1-c1ccc(Cl)cc1)N(C)C. The minimum atomic E-state index is -0.505. The van der Waals surface area contributed by atoms with Crippen molar-refractivity contribution >= 4 is 50.9 Å². The largest absolute Gasteiger partial charge is 0.323 e. The summed E-state index contributed by atoms with van der Waals surface area (Å²) in [6, 6.07) is 11.8. The first kappa shape index (κ1) is 22.7. The zero-order valence-corrected chi connectivity index (χ0v) is 19.7. The second-order valence-corrected chi connectivity index (χ2v) is 9.05. The third kappa shape index (κ3) is 5.40. The Kier molecular flexibility index (Phi) is 7.51. The number of anilines is 1. The number of hydrogen-bond donors (Lipinski definition) is 1. The molecule has 0 aliphatic rings. The minimum Gasteiger partial charge on any atom is -0.323 e. The average Bonchev–Trinajstić information content (AvgIpc) is 3.12. The molecule has 3 aromatic rings. The summed E-state index contributed by atoms with van der Waals surface area (Å²) in [6.07, 6.45) is 0. The van der Waals surface area contributed by atoms with Crippen molar-refractivity contribution in [1.29, 1.82) is 0 Å². The lowest BCUT2D eigenvalue weighted by atomic mass is 10.2. The molecule has 1 atom stereocenters. The molecule has 0 unspecified atom stereocenters. The number of nitrogens with one attached hydrogen (secondary N) is 1. The van der Waals surface area contributed by atoms with E-state index in [1.165, 1.54) is 23.9 Å². The van der Waals surface area contributed by atoms with Crippen LogP contribution in [0.25, 0.3) is 5.69 Å². The van der Waals surface area contributed by atoms with Crippen LogP contribution in [0.2, 0.25) is 5.02 Å². The molecule has 1 N–H and O–H groups in total. The van der Waals surface area contributed by atoms with Crippen LogP contribution in [0.1, 0.15) is 18.8 Å². The Morgan fingerprint density at radius 2 is 1.97 bits per heavy atom. The molecule has 158 valence electrons. The lowest BCUT2D eigenvalue weighted by molar-refractivity contribution is -0.113. The fourth-order valence-electron chi connectivity index (χ4n) is 2.62. The van der Waals surface area contributed by atoms with Gasteiger partial charge in [0.1, 0.15) is 5.82 Å². The number of carbonyl (C=O) groups excluding carboxylic acids is 1. The smallest absolute Gasteiger partial charge is 0.234 e. The van der Waals surface area contributed by atoms with Gasteiger partial charge in [-0.25, -0.2) is 4.39 Å². The first-order valence-electron chi connectivity index (χ1n) is 9.01. The van der Waals surface area contributed by atoms with Crippen molar-refractivity contribution in [3.05, 3.63) is 63.6 Å². The van der Waals surface area contributed by atoms with E-state index in [0.717, 1.165) is 11.5 Å². The molecule has 0 aliphatic heterocycles. The Morgan fingerprint density at radius 1 is 1.27 bits per heavy atom. The van der Waals surface area contributed by atoms with Crippen molar-refractivity contribution in [1.82, 2.24) is 19.7 Å². The molecule has 1 heterocycles. The van der Waals surface area contributed by atoms with E-state index < -0.39 is 5.82 Å². The summed E-state index contributed by atoms with van der Waals surface area (Å²) in [5.41, 5.74) is 0.972. The minimum absolute atomic E-state index is 0.00628. The van der Waals surface area contributed by atoms with Crippen molar-refractivity contribution in [2.45, 2.75) is 18.1 Å². The standard InChI is InChI=1S/C20H20BrClFN5OS/c1-12(27(2)3)19-25-26-20(28(19)15-7-5-14(22)6-8-15)30-11-18(29)24-17-9-4-13(21)10-16(17)23/h4-10,12H,11H2,1-3H3,(H,24,29)/t12-/m0/s1. The summed E-state index contributed by atoms with van der Waals surface area (Å²) in [5.74, 6) is -0.0511. The average molecular weight is 513 g/mol. The van der Waals surface area contributed by atoms with Crippen LogP contribution in [-0.4, -0.2) is 45.4 Å². The zero-order valence-electron chi connectivity index (χ0n) is 16.6. The summed E-state index contributed by atoms with van der Waals surface area (Å²) in [5, 5.41) is 12.4. The van der Waals surface area contributed by atoms with E-state index in [4.69, 9.17) is 11.6 Å². The summed E-state index contributed by atoms with van der Waals surface area (Å²) in [6.45, 7) is 2.02. The fraction of sp³-hybridized carbons (Fsp3) is 0.250. The third-order valence-electron chi connectivity index (χ3n) is 4.43. The highest BCUT2D eigenvalue weighted by Crippen LogP contribution is 2.28. The van der Waals surface area contributed by atoms with Gasteiger partial charge in [-0.15, -0.1) is 10.2 Å². The van der Waals surface area contributed by atoms with Gasteiger partial charge in [0.05, 0.1) is 17.5 Å². The Balaban J connectivity index is 1.81. The number of hydrogen-bond acceptors (Lipinski definition) is 5. The molecule has 6 nitrogen and oxygen atoms in total. The monoisotopic (exact) mass is 511 g/mol. The van der Waals surface area contributed by atoms with Crippen molar-refractivity contribution in [2.75, 3.05) is 25.2 Å². The number of benzene rings is 2. The first-order chi connectivity index (χ1) is 14.3. The van der Waals surface area contributed by atoms with Gasteiger partial charge < -0.3 is 5.32 Å². The van der Waals surface area contributed by atoms with Gasteiger partial charge in [0.15, 0.2) is 11.0 Å². The zero-order chi connectivity index (χ0) is 21.8. The molecule has 0 saturated carbocycles. The predicted molar refractivity (Wildman–Crippen MR) is 122 cm³/mol. The molecule has 1 aromatic heterocycles. The van der Waals surface area contributed by atoms with Gasteiger partial charge in [0, 0.05) is 15.2 Å². The highest BCUT2D eigenvalue weighted by atomic mass is 79.9. The van der Waals surface area contributed by atoms with Crippen LogP contribution in [0.4, 0.5) is 10.1 Å². The molecule has 10 heteroatoms. The van der Waals surface area contributed by atoms with Gasteiger partial charge in [0.2, 0.25) is 5.91 Å². The molecule has 0 radical (unpaired) electrons. The van der Waals surface area contributed by atoms with Gasteiger partial charge in [-0.2, -0.15) is 0 Å². The van der Waals surface area contributed by atoms with Crippen molar-refractivity contribution in [3.8, 4) is 5.69 Å². The van der Waals surface area contributed by atoms with Gasteiger partial charge in [-0.1, -0.05) is 39.3 Å². The number of halogens is 3. The van der Waals surface area contributed by atoms with E-state index in [1.807, 2.05) is 42.6 Å². The van der Waals surface area contributed by atoms with E-state index in [1.54, 1.807) is 18.2 Å². The molecule has 0 saturated heterocycles. The Labute approximate surface area is 191 Å². The van der Waals surface area contributed by atoms with Crippen LogP contribution < -0.4 is 5.32 Å². The van der Waals surface area contributed by atoms with Crippen molar-refractivity contribution in [2.24, 2.45) is 0 Å². The number of carbonyl (C=O) groups is 1. The molecule has 30 heavy (non-hydrogen) atoms. The highest BCUT2D eigenvalue weighted by Gasteiger charge is 2.21. The molecule has 2 aromatic carbocycles. The van der Waals surface area contributed by atoms with Gasteiger partial charge in [0.25, 0.3) is 0 Å². The van der Waals surface area contributed by atoms with E-state index in [-0.39, 0.29) is 23.4 Å². The summed E-state index contributed by atoms with van der Waals surface area (Å²) < 4.78 is 16.5. The molecule has 1 amide bonds. The topological polar surface area (TPSA) is 63.1 Å². The second-order valence-electron chi connectivity index (χ2n) is 6.75. The number of amides is 1. The maximum absolute atomic E-state index is 14.0. The van der Waals surface area contributed by atoms with Crippen LogP contribution in [0.15, 0.2) is 52.1 Å². The van der Waals surface area contributed by atoms with Crippen LogP contribution in [0, 0.1) is 5.82 Å². The molecular weight excluding hydrogens is 493 g/mol. The van der Waals surface area contributed by atoms with Crippen molar-refractivity contribution in [3.63, 3.8) is 0 Å². The van der Waals surface area contributed by atoms with Crippen LogP contribution in [-0.2, 0) is 4.79 Å². The lowest BCUT2D eigenvalue weighted by Gasteiger charge is -2.20. The molecule has 0 fully saturated rings. The Hall–Kier alpha value is -1.94. The first-order valence-corrected chi connectivity index (χ1v) is 11.2. The van der Waals surface area contributed by atoms with Gasteiger partial charge in [-0.05, 0) is 63.5 Å². The number of aromatic nitrogens is 3. The fourth-order valence-corrected chi connectivity index (χ4v) is 3.83.